The quantitative estimate of drug-likeness (QED) is 0.667. The van der Waals surface area contributed by atoms with E-state index in [4.69, 9.17) is 4.52 Å². The number of hydrogen-bond acceptors (Lipinski definition) is 3. The third-order valence-electron chi connectivity index (χ3n) is 4.17. The Morgan fingerprint density at radius 1 is 1.04 bits per heavy atom. The molecular formula is C21H22N2O3. The van der Waals surface area contributed by atoms with Crippen molar-refractivity contribution < 1.29 is 14.4 Å². The van der Waals surface area contributed by atoms with Crippen LogP contribution in [0.4, 0.5) is 10.5 Å². The van der Waals surface area contributed by atoms with E-state index in [-0.39, 0.29) is 0 Å². The normalized spacial score (nSPS) is 11.4. The van der Waals surface area contributed by atoms with Crippen molar-refractivity contribution in [3.8, 4) is 22.4 Å². The minimum Gasteiger partial charge on any atom is -0.465 e. The van der Waals surface area contributed by atoms with Crippen molar-refractivity contribution in [2.24, 2.45) is 0 Å². The first-order valence-electron chi connectivity index (χ1n) is 8.44. The number of rotatable bonds is 3. The summed E-state index contributed by atoms with van der Waals surface area (Å²) in [7, 11) is 0. The molecule has 0 saturated heterocycles. The molecule has 0 aliphatic heterocycles. The standard InChI is InChI=1S/C21H22N2O3/c1-14-18(19(22-26-14)15-9-6-5-7-10-15)16-11-8-12-17(13-16)23(20(24)25)21(2,3)4/h5-13H,1-4H3,(H,24,25). The van der Waals surface area contributed by atoms with Crippen molar-refractivity contribution in [2.45, 2.75) is 33.2 Å². The van der Waals surface area contributed by atoms with Crippen LogP contribution in [0.15, 0.2) is 59.1 Å². The van der Waals surface area contributed by atoms with Crippen LogP contribution < -0.4 is 4.90 Å². The Morgan fingerprint density at radius 3 is 2.31 bits per heavy atom. The van der Waals surface area contributed by atoms with Crippen LogP contribution in [0.2, 0.25) is 0 Å². The van der Waals surface area contributed by atoms with Crippen LogP contribution in [0.25, 0.3) is 22.4 Å². The fraction of sp³-hybridized carbons (Fsp3) is 0.238. The van der Waals surface area contributed by atoms with Gasteiger partial charge in [-0.3, -0.25) is 4.90 Å². The first-order valence-corrected chi connectivity index (χ1v) is 8.44. The van der Waals surface area contributed by atoms with E-state index in [1.165, 1.54) is 4.90 Å². The number of aryl methyl sites for hydroxylation is 1. The summed E-state index contributed by atoms with van der Waals surface area (Å²) >= 11 is 0. The summed E-state index contributed by atoms with van der Waals surface area (Å²) < 4.78 is 5.44. The van der Waals surface area contributed by atoms with Gasteiger partial charge in [-0.2, -0.15) is 0 Å². The van der Waals surface area contributed by atoms with Crippen LogP contribution in [0.1, 0.15) is 26.5 Å². The van der Waals surface area contributed by atoms with Crippen LogP contribution in [-0.2, 0) is 0 Å². The van der Waals surface area contributed by atoms with E-state index in [0.717, 1.165) is 22.4 Å². The monoisotopic (exact) mass is 350 g/mol. The largest absolute Gasteiger partial charge is 0.465 e. The summed E-state index contributed by atoms with van der Waals surface area (Å²) in [5.74, 6) is 0.693. The third-order valence-corrected chi connectivity index (χ3v) is 4.17. The Bertz CT molecular complexity index is 924. The number of aromatic nitrogens is 1. The molecule has 0 aliphatic carbocycles. The van der Waals surface area contributed by atoms with Crippen LogP contribution >= 0.6 is 0 Å². The number of amides is 1. The van der Waals surface area contributed by atoms with Gasteiger partial charge in [0.2, 0.25) is 0 Å². The lowest BCUT2D eigenvalue weighted by atomic mass is 9.98. The SMILES string of the molecule is Cc1onc(-c2ccccc2)c1-c1cccc(N(C(=O)O)C(C)(C)C)c1. The van der Waals surface area contributed by atoms with E-state index < -0.39 is 11.6 Å². The summed E-state index contributed by atoms with van der Waals surface area (Å²) in [5.41, 5.74) is 3.50. The Kier molecular flexibility index (Phi) is 4.55. The maximum atomic E-state index is 11.8. The molecule has 3 rings (SSSR count). The van der Waals surface area contributed by atoms with E-state index in [1.54, 1.807) is 6.07 Å². The Hall–Kier alpha value is -3.08. The molecule has 26 heavy (non-hydrogen) atoms. The number of carbonyl (C=O) groups is 1. The van der Waals surface area contributed by atoms with Gasteiger partial charge in [0.15, 0.2) is 0 Å². The van der Waals surface area contributed by atoms with Gasteiger partial charge < -0.3 is 9.63 Å². The van der Waals surface area contributed by atoms with Gasteiger partial charge in [0.05, 0.1) is 5.56 Å². The van der Waals surface area contributed by atoms with Crippen LogP contribution in [0, 0.1) is 6.92 Å². The molecular weight excluding hydrogens is 328 g/mol. The average molecular weight is 350 g/mol. The van der Waals surface area contributed by atoms with E-state index in [0.29, 0.717) is 11.4 Å². The Morgan fingerprint density at radius 2 is 1.69 bits per heavy atom. The van der Waals surface area contributed by atoms with Gasteiger partial charge in [-0.25, -0.2) is 4.79 Å². The molecule has 1 amide bonds. The van der Waals surface area contributed by atoms with E-state index in [9.17, 15) is 9.90 Å². The molecule has 1 heterocycles. The average Bonchev–Trinajstić information content (AvgIpc) is 2.96. The van der Waals surface area contributed by atoms with Crippen molar-refractivity contribution in [2.75, 3.05) is 4.90 Å². The molecule has 0 spiro atoms. The number of anilines is 1. The number of benzene rings is 2. The summed E-state index contributed by atoms with van der Waals surface area (Å²) in [6.45, 7) is 7.47. The van der Waals surface area contributed by atoms with Gasteiger partial charge in [-0.15, -0.1) is 0 Å². The van der Waals surface area contributed by atoms with Gasteiger partial charge in [0.25, 0.3) is 0 Å². The van der Waals surface area contributed by atoms with Crippen LogP contribution in [-0.4, -0.2) is 21.9 Å². The third kappa shape index (κ3) is 3.33. The van der Waals surface area contributed by atoms with Gasteiger partial charge in [-0.05, 0) is 45.4 Å². The molecule has 3 aromatic rings. The van der Waals surface area contributed by atoms with Gasteiger partial charge >= 0.3 is 6.09 Å². The second kappa shape index (κ2) is 6.67. The summed E-state index contributed by atoms with van der Waals surface area (Å²) in [4.78, 5) is 13.2. The van der Waals surface area contributed by atoms with Crippen molar-refractivity contribution in [1.82, 2.24) is 5.16 Å². The lowest BCUT2D eigenvalue weighted by molar-refractivity contribution is 0.195. The highest BCUT2D eigenvalue weighted by atomic mass is 16.5. The zero-order valence-corrected chi connectivity index (χ0v) is 15.4. The van der Waals surface area contributed by atoms with Crippen LogP contribution in [0.5, 0.6) is 0 Å². The molecule has 0 fully saturated rings. The molecule has 2 aromatic carbocycles. The smallest absolute Gasteiger partial charge is 0.412 e. The highest BCUT2D eigenvalue weighted by Gasteiger charge is 2.28. The maximum absolute atomic E-state index is 11.8. The maximum Gasteiger partial charge on any atom is 0.412 e. The minimum absolute atomic E-state index is 0.559. The molecule has 0 atom stereocenters. The fourth-order valence-electron chi connectivity index (χ4n) is 3.09. The van der Waals surface area contributed by atoms with E-state index in [1.807, 2.05) is 76.2 Å². The molecule has 1 aromatic heterocycles. The molecule has 0 bridgehead atoms. The van der Waals surface area contributed by atoms with Gasteiger partial charge in [0.1, 0.15) is 11.5 Å². The zero-order chi connectivity index (χ0) is 18.9. The minimum atomic E-state index is -0.986. The second-order valence-corrected chi connectivity index (χ2v) is 7.17. The molecule has 5 nitrogen and oxygen atoms in total. The molecule has 5 heteroatoms. The summed E-state index contributed by atoms with van der Waals surface area (Å²) in [5, 5.41) is 13.9. The van der Waals surface area contributed by atoms with Gasteiger partial charge in [0, 0.05) is 16.8 Å². The first-order chi connectivity index (χ1) is 12.3. The predicted octanol–water partition coefficient (Wildman–Crippen LogP) is 5.60. The second-order valence-electron chi connectivity index (χ2n) is 7.17. The number of hydrogen-bond donors (Lipinski definition) is 1. The van der Waals surface area contributed by atoms with Crippen molar-refractivity contribution in [3.63, 3.8) is 0 Å². The lowest BCUT2D eigenvalue weighted by Crippen LogP contribution is -2.45. The molecule has 0 radical (unpaired) electrons. The van der Waals surface area contributed by atoms with E-state index >= 15 is 0 Å². The zero-order valence-electron chi connectivity index (χ0n) is 15.4. The molecule has 0 saturated carbocycles. The Labute approximate surface area is 152 Å². The number of nitrogens with zero attached hydrogens (tertiary/aromatic N) is 2. The van der Waals surface area contributed by atoms with E-state index in [2.05, 4.69) is 5.16 Å². The van der Waals surface area contributed by atoms with Crippen molar-refractivity contribution in [1.29, 1.82) is 0 Å². The summed E-state index contributed by atoms with van der Waals surface area (Å²) in [6, 6.07) is 17.3. The van der Waals surface area contributed by atoms with Crippen LogP contribution in [0.3, 0.4) is 0 Å². The lowest BCUT2D eigenvalue weighted by Gasteiger charge is -2.33. The molecule has 134 valence electrons. The first kappa shape index (κ1) is 17.7. The highest BCUT2D eigenvalue weighted by Crippen LogP contribution is 2.36. The summed E-state index contributed by atoms with van der Waals surface area (Å²) in [6.07, 6.45) is -0.986. The number of carboxylic acid groups (broad SMARTS) is 1. The fourth-order valence-corrected chi connectivity index (χ4v) is 3.09. The topological polar surface area (TPSA) is 66.6 Å². The van der Waals surface area contributed by atoms with Crippen molar-refractivity contribution in [3.05, 3.63) is 60.4 Å². The van der Waals surface area contributed by atoms with Crippen molar-refractivity contribution >= 4 is 11.8 Å². The molecule has 1 N–H and O–H groups in total. The molecule has 0 aliphatic rings. The van der Waals surface area contributed by atoms with Gasteiger partial charge in [-0.1, -0.05) is 47.6 Å². The molecule has 0 unspecified atom stereocenters. The Balaban J connectivity index is 2.13. The predicted molar refractivity (Wildman–Crippen MR) is 102 cm³/mol. The highest BCUT2D eigenvalue weighted by molar-refractivity contribution is 5.90.